The van der Waals surface area contributed by atoms with Crippen molar-refractivity contribution in [2.75, 3.05) is 0 Å². The molecular weight excluding hydrogens is 473 g/mol. The zero-order chi connectivity index (χ0) is 20.4. The Morgan fingerprint density at radius 2 is 1.79 bits per heavy atom. The van der Waals surface area contributed by atoms with Gasteiger partial charge in [-0.25, -0.2) is 0 Å². The third-order valence-corrected chi connectivity index (χ3v) is 6.87. The van der Waals surface area contributed by atoms with E-state index in [0.29, 0.717) is 10.0 Å². The monoisotopic (exact) mass is 493 g/mol. The first kappa shape index (κ1) is 20.8. The third kappa shape index (κ3) is 4.84. The van der Waals surface area contributed by atoms with E-state index in [2.05, 4.69) is 43.6 Å². The van der Waals surface area contributed by atoms with Gasteiger partial charge >= 0.3 is 0 Å². The first-order valence-corrected chi connectivity index (χ1v) is 11.5. The summed E-state index contributed by atoms with van der Waals surface area (Å²) < 4.78 is 1.03. The van der Waals surface area contributed by atoms with Crippen molar-refractivity contribution in [1.29, 1.82) is 0 Å². The van der Waals surface area contributed by atoms with Crippen LogP contribution in [-0.4, -0.2) is 11.9 Å². The fourth-order valence-corrected chi connectivity index (χ4v) is 4.96. The fourth-order valence-electron chi connectivity index (χ4n) is 4.17. The number of nitrogens with zero attached hydrogens (tertiary/aromatic N) is 2. The summed E-state index contributed by atoms with van der Waals surface area (Å²) >= 11 is 16.1. The number of hydrogen-bond donors (Lipinski definition) is 1. The molecule has 1 amide bonds. The molecule has 0 radical (unpaired) electrons. The van der Waals surface area contributed by atoms with Crippen LogP contribution in [-0.2, 0) is 4.79 Å². The Kier molecular flexibility index (Phi) is 6.57. The minimum atomic E-state index is -0.322. The van der Waals surface area contributed by atoms with Gasteiger partial charge in [0.15, 0.2) is 0 Å². The maximum atomic E-state index is 12.9. The Labute approximate surface area is 189 Å². The van der Waals surface area contributed by atoms with Gasteiger partial charge in [0.1, 0.15) is 0 Å². The molecule has 0 bridgehead atoms. The SMILES string of the molecule is O=C(NC(c1ccc(Cl)cc1Cl)C1CC(c2ccc(Br)cc2)N=N1)C1CCCC1. The van der Waals surface area contributed by atoms with Crippen molar-refractivity contribution in [3.8, 4) is 0 Å². The van der Waals surface area contributed by atoms with E-state index in [1.807, 2.05) is 18.2 Å². The van der Waals surface area contributed by atoms with Gasteiger partial charge in [-0.3, -0.25) is 4.79 Å². The Balaban J connectivity index is 1.57. The van der Waals surface area contributed by atoms with Crippen molar-refractivity contribution in [3.63, 3.8) is 0 Å². The van der Waals surface area contributed by atoms with Gasteiger partial charge in [0.2, 0.25) is 5.91 Å². The number of carbonyl (C=O) groups excluding carboxylic acids is 1. The van der Waals surface area contributed by atoms with Crippen molar-refractivity contribution in [2.45, 2.75) is 50.2 Å². The second-order valence-corrected chi connectivity index (χ2v) is 9.49. The Hall–Kier alpha value is -1.43. The summed E-state index contributed by atoms with van der Waals surface area (Å²) in [6.45, 7) is 0. The van der Waals surface area contributed by atoms with Gasteiger partial charge in [0.25, 0.3) is 0 Å². The van der Waals surface area contributed by atoms with Gasteiger partial charge in [0, 0.05) is 26.9 Å². The number of azo groups is 1. The van der Waals surface area contributed by atoms with Crippen LogP contribution in [0.25, 0.3) is 0 Å². The Morgan fingerprint density at radius 3 is 2.48 bits per heavy atom. The van der Waals surface area contributed by atoms with Crippen LogP contribution in [0.4, 0.5) is 0 Å². The van der Waals surface area contributed by atoms with Crippen LogP contribution in [0.1, 0.15) is 55.3 Å². The second kappa shape index (κ2) is 9.15. The summed E-state index contributed by atoms with van der Waals surface area (Å²) in [6, 6.07) is 13.0. The predicted molar refractivity (Wildman–Crippen MR) is 119 cm³/mol. The molecule has 0 spiro atoms. The van der Waals surface area contributed by atoms with Gasteiger partial charge < -0.3 is 5.32 Å². The second-order valence-electron chi connectivity index (χ2n) is 7.73. The molecule has 2 aromatic rings. The maximum absolute atomic E-state index is 12.9. The highest BCUT2D eigenvalue weighted by Crippen LogP contribution is 2.39. The molecule has 1 heterocycles. The fraction of sp³-hybridized carbons (Fsp3) is 0.409. The number of rotatable bonds is 5. The minimum absolute atomic E-state index is 0.0231. The lowest BCUT2D eigenvalue weighted by Gasteiger charge is -2.25. The first-order valence-electron chi connectivity index (χ1n) is 9.92. The minimum Gasteiger partial charge on any atom is -0.347 e. The Morgan fingerprint density at radius 1 is 1.07 bits per heavy atom. The van der Waals surface area contributed by atoms with E-state index in [4.69, 9.17) is 23.2 Å². The lowest BCUT2D eigenvalue weighted by molar-refractivity contribution is -0.125. The van der Waals surface area contributed by atoms with Crippen molar-refractivity contribution in [2.24, 2.45) is 16.1 Å². The normalized spacial score (nSPS) is 22.7. The number of carbonyl (C=O) groups is 1. The lowest BCUT2D eigenvalue weighted by Crippen LogP contribution is -2.38. The average molecular weight is 495 g/mol. The smallest absolute Gasteiger partial charge is 0.223 e. The largest absolute Gasteiger partial charge is 0.347 e. The van der Waals surface area contributed by atoms with E-state index in [1.165, 1.54) is 0 Å². The molecule has 1 aliphatic carbocycles. The number of halogens is 3. The van der Waals surface area contributed by atoms with Crippen LogP contribution < -0.4 is 5.32 Å². The zero-order valence-corrected chi connectivity index (χ0v) is 18.9. The zero-order valence-electron chi connectivity index (χ0n) is 15.8. The first-order chi connectivity index (χ1) is 14.0. The van der Waals surface area contributed by atoms with E-state index in [0.717, 1.165) is 47.7 Å². The molecule has 3 atom stereocenters. The molecule has 0 saturated heterocycles. The van der Waals surface area contributed by atoms with Crippen molar-refractivity contribution in [3.05, 3.63) is 68.1 Å². The number of benzene rings is 2. The van der Waals surface area contributed by atoms with Crippen LogP contribution in [0.15, 0.2) is 57.2 Å². The van der Waals surface area contributed by atoms with Crippen LogP contribution in [0.2, 0.25) is 10.0 Å². The number of nitrogens with one attached hydrogen (secondary N) is 1. The molecule has 3 unspecified atom stereocenters. The molecule has 1 fully saturated rings. The molecule has 4 rings (SSSR count). The summed E-state index contributed by atoms with van der Waals surface area (Å²) in [7, 11) is 0. The Bertz CT molecular complexity index is 913. The summed E-state index contributed by atoms with van der Waals surface area (Å²) in [5, 5.41) is 13.4. The maximum Gasteiger partial charge on any atom is 0.223 e. The molecule has 2 aromatic carbocycles. The van der Waals surface area contributed by atoms with Gasteiger partial charge in [0.05, 0.1) is 18.1 Å². The standard InChI is InChI=1S/C22H22BrCl2N3O/c23-15-7-5-13(6-8-15)19-12-20(28-27-19)21(17-10-9-16(24)11-18(17)25)26-22(29)14-3-1-2-4-14/h5-11,14,19-21H,1-4,12H2,(H,26,29). The summed E-state index contributed by atoms with van der Waals surface area (Å²) in [6.07, 6.45) is 4.83. The molecule has 4 nitrogen and oxygen atoms in total. The van der Waals surface area contributed by atoms with Crippen molar-refractivity contribution < 1.29 is 4.79 Å². The van der Waals surface area contributed by atoms with Crippen molar-refractivity contribution >= 4 is 45.0 Å². The van der Waals surface area contributed by atoms with E-state index in [-0.39, 0.29) is 30.0 Å². The predicted octanol–water partition coefficient (Wildman–Crippen LogP) is 7.07. The molecule has 7 heteroatoms. The molecular formula is C22H22BrCl2N3O. The molecule has 1 saturated carbocycles. The van der Waals surface area contributed by atoms with Gasteiger partial charge in [-0.15, -0.1) is 0 Å². The van der Waals surface area contributed by atoms with Crippen LogP contribution in [0.3, 0.4) is 0 Å². The summed E-state index contributed by atoms with van der Waals surface area (Å²) in [5.41, 5.74) is 1.95. The van der Waals surface area contributed by atoms with Gasteiger partial charge in [-0.05, 0) is 48.2 Å². The van der Waals surface area contributed by atoms with E-state index >= 15 is 0 Å². The highest BCUT2D eigenvalue weighted by atomic mass is 79.9. The molecule has 1 aliphatic heterocycles. The average Bonchev–Trinajstić information content (AvgIpc) is 3.39. The topological polar surface area (TPSA) is 53.8 Å². The van der Waals surface area contributed by atoms with Crippen LogP contribution in [0, 0.1) is 5.92 Å². The molecule has 0 aromatic heterocycles. The summed E-state index contributed by atoms with van der Waals surface area (Å²) in [4.78, 5) is 12.9. The lowest BCUT2D eigenvalue weighted by atomic mass is 9.92. The van der Waals surface area contributed by atoms with E-state index in [9.17, 15) is 4.79 Å². The molecule has 29 heavy (non-hydrogen) atoms. The molecule has 2 aliphatic rings. The number of amides is 1. The van der Waals surface area contributed by atoms with Gasteiger partial charge in [-0.1, -0.05) is 70.2 Å². The highest BCUT2D eigenvalue weighted by molar-refractivity contribution is 9.10. The summed E-state index contributed by atoms with van der Waals surface area (Å²) in [5.74, 6) is 0.157. The molecule has 152 valence electrons. The highest BCUT2D eigenvalue weighted by Gasteiger charge is 2.35. The van der Waals surface area contributed by atoms with Crippen LogP contribution in [0.5, 0.6) is 0 Å². The molecule has 1 N–H and O–H groups in total. The number of hydrogen-bond acceptors (Lipinski definition) is 3. The van der Waals surface area contributed by atoms with E-state index < -0.39 is 0 Å². The quantitative estimate of drug-likeness (QED) is 0.474. The van der Waals surface area contributed by atoms with Crippen LogP contribution >= 0.6 is 39.1 Å². The third-order valence-electron chi connectivity index (χ3n) is 5.78. The van der Waals surface area contributed by atoms with Crippen molar-refractivity contribution in [1.82, 2.24) is 5.32 Å². The van der Waals surface area contributed by atoms with Gasteiger partial charge in [-0.2, -0.15) is 10.2 Å². The van der Waals surface area contributed by atoms with E-state index in [1.54, 1.807) is 12.1 Å².